The van der Waals surface area contributed by atoms with Gasteiger partial charge >= 0.3 is 0 Å². The van der Waals surface area contributed by atoms with Gasteiger partial charge in [-0.3, -0.25) is 0 Å². The van der Waals surface area contributed by atoms with Crippen molar-refractivity contribution in [3.05, 3.63) is 36.7 Å². The van der Waals surface area contributed by atoms with Gasteiger partial charge in [-0.1, -0.05) is 6.08 Å². The summed E-state index contributed by atoms with van der Waals surface area (Å²) in [6.07, 6.45) is 3.58. The molecule has 0 radical (unpaired) electrons. The van der Waals surface area contributed by atoms with Gasteiger partial charge in [-0.05, 0) is 26.0 Å². The Balaban J connectivity index is 2.92. The Morgan fingerprint density at radius 2 is 2.33 bits per heavy atom. The standard InChI is InChI=1S/C12H15N3/c1-4-7-15(10(2)3)12-6-5-11(8-13)14-9-12/h4-6,9-10H,1,7H2,2-3H3. The molecule has 0 saturated heterocycles. The van der Waals surface area contributed by atoms with Gasteiger partial charge in [0.1, 0.15) is 11.8 Å². The summed E-state index contributed by atoms with van der Waals surface area (Å²) >= 11 is 0. The van der Waals surface area contributed by atoms with Crippen LogP contribution in [0.25, 0.3) is 0 Å². The van der Waals surface area contributed by atoms with Gasteiger partial charge in [0.05, 0.1) is 11.9 Å². The molecule has 3 heteroatoms. The van der Waals surface area contributed by atoms with Crippen molar-refractivity contribution in [1.29, 1.82) is 5.26 Å². The second kappa shape index (κ2) is 5.16. The molecule has 1 heterocycles. The van der Waals surface area contributed by atoms with E-state index in [2.05, 4.69) is 30.3 Å². The number of hydrogen-bond donors (Lipinski definition) is 0. The second-order valence-electron chi connectivity index (χ2n) is 3.55. The molecule has 0 amide bonds. The van der Waals surface area contributed by atoms with E-state index in [4.69, 9.17) is 5.26 Å². The molecule has 3 nitrogen and oxygen atoms in total. The third kappa shape index (κ3) is 2.81. The minimum atomic E-state index is 0.387. The zero-order chi connectivity index (χ0) is 11.3. The largest absolute Gasteiger partial charge is 0.364 e. The first kappa shape index (κ1) is 11.3. The molecule has 0 N–H and O–H groups in total. The summed E-state index contributed by atoms with van der Waals surface area (Å²) in [7, 11) is 0. The third-order valence-corrected chi connectivity index (χ3v) is 2.14. The first-order chi connectivity index (χ1) is 7.19. The van der Waals surface area contributed by atoms with Crippen LogP contribution >= 0.6 is 0 Å². The molecule has 15 heavy (non-hydrogen) atoms. The smallest absolute Gasteiger partial charge is 0.140 e. The van der Waals surface area contributed by atoms with Crippen molar-refractivity contribution in [3.8, 4) is 6.07 Å². The Morgan fingerprint density at radius 1 is 1.60 bits per heavy atom. The predicted octanol–water partition coefficient (Wildman–Crippen LogP) is 2.35. The fraction of sp³-hybridized carbons (Fsp3) is 0.333. The summed E-state index contributed by atoms with van der Waals surface area (Å²) < 4.78 is 0. The van der Waals surface area contributed by atoms with Crippen LogP contribution in [0.2, 0.25) is 0 Å². The lowest BCUT2D eigenvalue weighted by atomic mass is 10.2. The Morgan fingerprint density at radius 3 is 2.73 bits per heavy atom. The Labute approximate surface area is 90.7 Å². The summed E-state index contributed by atoms with van der Waals surface area (Å²) in [5, 5.41) is 8.64. The van der Waals surface area contributed by atoms with E-state index in [1.165, 1.54) is 0 Å². The summed E-state index contributed by atoms with van der Waals surface area (Å²) in [6, 6.07) is 6.03. The average Bonchev–Trinajstić information content (AvgIpc) is 2.26. The molecule has 0 aliphatic heterocycles. The van der Waals surface area contributed by atoms with Crippen molar-refractivity contribution in [2.24, 2.45) is 0 Å². The Bertz CT molecular complexity index is 359. The molecular formula is C12H15N3. The fourth-order valence-electron chi connectivity index (χ4n) is 1.38. The molecule has 0 bridgehead atoms. The van der Waals surface area contributed by atoms with Crippen molar-refractivity contribution in [1.82, 2.24) is 4.98 Å². The number of anilines is 1. The first-order valence-electron chi connectivity index (χ1n) is 4.92. The van der Waals surface area contributed by atoms with Gasteiger partial charge in [0.2, 0.25) is 0 Å². The lowest BCUT2D eigenvalue weighted by molar-refractivity contribution is 0.721. The lowest BCUT2D eigenvalue weighted by Gasteiger charge is -2.27. The highest BCUT2D eigenvalue weighted by Gasteiger charge is 2.08. The van der Waals surface area contributed by atoms with E-state index in [1.54, 1.807) is 12.3 Å². The maximum absolute atomic E-state index is 8.64. The van der Waals surface area contributed by atoms with Crippen LogP contribution in [0.4, 0.5) is 5.69 Å². The van der Waals surface area contributed by atoms with Gasteiger partial charge < -0.3 is 4.90 Å². The Kier molecular flexibility index (Phi) is 3.87. The van der Waals surface area contributed by atoms with Gasteiger partial charge in [0, 0.05) is 12.6 Å². The number of pyridine rings is 1. The number of aromatic nitrogens is 1. The molecular weight excluding hydrogens is 186 g/mol. The van der Waals surface area contributed by atoms with E-state index in [0.717, 1.165) is 12.2 Å². The van der Waals surface area contributed by atoms with E-state index in [-0.39, 0.29) is 0 Å². The third-order valence-electron chi connectivity index (χ3n) is 2.14. The molecule has 0 aliphatic carbocycles. The molecule has 0 unspecified atom stereocenters. The molecule has 0 spiro atoms. The van der Waals surface area contributed by atoms with Gasteiger partial charge in [-0.2, -0.15) is 5.26 Å². The van der Waals surface area contributed by atoms with Gasteiger partial charge in [0.25, 0.3) is 0 Å². The minimum Gasteiger partial charge on any atom is -0.364 e. The predicted molar refractivity (Wildman–Crippen MR) is 61.6 cm³/mol. The van der Waals surface area contributed by atoms with Crippen LogP contribution in [0.15, 0.2) is 31.0 Å². The zero-order valence-electron chi connectivity index (χ0n) is 9.14. The van der Waals surface area contributed by atoms with Crippen LogP contribution in [0.3, 0.4) is 0 Å². The van der Waals surface area contributed by atoms with Crippen molar-refractivity contribution in [2.75, 3.05) is 11.4 Å². The maximum Gasteiger partial charge on any atom is 0.140 e. The van der Waals surface area contributed by atoms with E-state index in [0.29, 0.717) is 11.7 Å². The van der Waals surface area contributed by atoms with Gasteiger partial charge in [0.15, 0.2) is 0 Å². The molecule has 78 valence electrons. The number of hydrogen-bond acceptors (Lipinski definition) is 3. The molecule has 1 rings (SSSR count). The highest BCUT2D eigenvalue weighted by atomic mass is 15.2. The topological polar surface area (TPSA) is 39.9 Å². The SMILES string of the molecule is C=CCN(c1ccc(C#N)nc1)C(C)C. The highest BCUT2D eigenvalue weighted by Crippen LogP contribution is 2.15. The van der Waals surface area contributed by atoms with Crippen molar-refractivity contribution in [3.63, 3.8) is 0 Å². The van der Waals surface area contributed by atoms with Crippen LogP contribution in [0, 0.1) is 11.3 Å². The molecule has 0 aliphatic rings. The van der Waals surface area contributed by atoms with E-state index in [1.807, 2.05) is 18.2 Å². The van der Waals surface area contributed by atoms with Gasteiger partial charge in [-0.15, -0.1) is 6.58 Å². The van der Waals surface area contributed by atoms with Crippen LogP contribution in [0.1, 0.15) is 19.5 Å². The molecule has 0 fully saturated rings. The zero-order valence-corrected chi connectivity index (χ0v) is 9.14. The van der Waals surface area contributed by atoms with Crippen molar-refractivity contribution >= 4 is 5.69 Å². The van der Waals surface area contributed by atoms with Gasteiger partial charge in [-0.25, -0.2) is 4.98 Å². The summed E-state index contributed by atoms with van der Waals surface area (Å²) in [4.78, 5) is 6.21. The normalized spacial score (nSPS) is 9.73. The lowest BCUT2D eigenvalue weighted by Crippen LogP contribution is -2.30. The summed E-state index contributed by atoms with van der Waals surface area (Å²) in [5.41, 5.74) is 1.46. The highest BCUT2D eigenvalue weighted by molar-refractivity contribution is 5.47. The van der Waals surface area contributed by atoms with Crippen LogP contribution in [0.5, 0.6) is 0 Å². The van der Waals surface area contributed by atoms with Crippen molar-refractivity contribution in [2.45, 2.75) is 19.9 Å². The quantitative estimate of drug-likeness (QED) is 0.702. The molecule has 0 atom stereocenters. The van der Waals surface area contributed by atoms with E-state index in [9.17, 15) is 0 Å². The van der Waals surface area contributed by atoms with Crippen LogP contribution < -0.4 is 4.90 Å². The number of nitrogens with zero attached hydrogens (tertiary/aromatic N) is 3. The van der Waals surface area contributed by atoms with Crippen LogP contribution in [-0.4, -0.2) is 17.6 Å². The average molecular weight is 201 g/mol. The minimum absolute atomic E-state index is 0.387. The first-order valence-corrected chi connectivity index (χ1v) is 4.92. The fourth-order valence-corrected chi connectivity index (χ4v) is 1.38. The summed E-state index contributed by atoms with van der Waals surface area (Å²) in [6.45, 7) is 8.74. The summed E-state index contributed by atoms with van der Waals surface area (Å²) in [5.74, 6) is 0. The molecule has 1 aromatic heterocycles. The Hall–Kier alpha value is -1.82. The van der Waals surface area contributed by atoms with E-state index < -0.39 is 0 Å². The number of rotatable bonds is 4. The molecule has 0 saturated carbocycles. The second-order valence-corrected chi connectivity index (χ2v) is 3.55. The maximum atomic E-state index is 8.64. The molecule has 0 aromatic carbocycles. The van der Waals surface area contributed by atoms with Crippen LogP contribution in [-0.2, 0) is 0 Å². The van der Waals surface area contributed by atoms with E-state index >= 15 is 0 Å². The molecule has 1 aromatic rings. The number of nitriles is 1. The van der Waals surface area contributed by atoms with Crippen molar-refractivity contribution < 1.29 is 0 Å². The monoisotopic (exact) mass is 201 g/mol.